The number of fused-ring (bicyclic) bond motifs is 1. The molecule has 0 radical (unpaired) electrons. The van der Waals surface area contributed by atoms with Crippen molar-refractivity contribution in [2.24, 2.45) is 0 Å². The lowest BCUT2D eigenvalue weighted by atomic mass is 9.86. The number of anilines is 4. The van der Waals surface area contributed by atoms with Crippen LogP contribution in [0.4, 0.5) is 40.4 Å². The molecule has 12 nitrogen and oxygen atoms in total. The van der Waals surface area contributed by atoms with Crippen molar-refractivity contribution in [3.8, 4) is 5.75 Å². The molecule has 1 unspecified atom stereocenters. The molecule has 4 amide bonds. The van der Waals surface area contributed by atoms with Crippen LogP contribution in [0.1, 0.15) is 94.0 Å². The average Bonchev–Trinajstić information content (AvgIpc) is 3.49. The standard InChI is InChI=1S/C43H45F4N7O5/c1-23(2)59-37-18-29(24(3)15-35(37)51-38-19-34(31(20-49-38)43(45,46)47)50-33-8-6-5-7-28(33)40(56)48-4)25-11-13-53(14-12-25)21-27-16-26-22-54(42(58)30(26)17-32(27)44)36-9-10-39(55)52-41(36)57/h5-8,15-20,23,25,36H,9-14,21-22H2,1-4H3,(H,48,56)(H2,49,50,51)(H,52,55,57). The molecule has 7 rings (SSSR count). The summed E-state index contributed by atoms with van der Waals surface area (Å²) in [4.78, 5) is 57.4. The summed E-state index contributed by atoms with van der Waals surface area (Å²) < 4.78 is 64.2. The number of carbonyl (C=O) groups excluding carboxylic acids is 4. The summed E-state index contributed by atoms with van der Waals surface area (Å²) in [5, 5.41) is 10.7. The molecule has 4 heterocycles. The molecule has 59 heavy (non-hydrogen) atoms. The number of amides is 4. The van der Waals surface area contributed by atoms with E-state index >= 15 is 4.39 Å². The maximum Gasteiger partial charge on any atom is 0.419 e. The third kappa shape index (κ3) is 8.87. The zero-order chi connectivity index (χ0) is 42.2. The van der Waals surface area contributed by atoms with Gasteiger partial charge in [0.1, 0.15) is 23.4 Å². The first-order valence-corrected chi connectivity index (χ1v) is 19.5. The van der Waals surface area contributed by atoms with Gasteiger partial charge in [-0.15, -0.1) is 0 Å². The Balaban J connectivity index is 1.06. The van der Waals surface area contributed by atoms with Gasteiger partial charge >= 0.3 is 6.18 Å². The molecular weight excluding hydrogens is 771 g/mol. The van der Waals surface area contributed by atoms with Crippen molar-refractivity contribution in [1.29, 1.82) is 0 Å². The molecule has 1 aromatic heterocycles. The van der Waals surface area contributed by atoms with Gasteiger partial charge in [-0.25, -0.2) is 9.37 Å². The summed E-state index contributed by atoms with van der Waals surface area (Å²) in [7, 11) is 1.44. The highest BCUT2D eigenvalue weighted by Crippen LogP contribution is 2.41. The molecule has 4 N–H and O–H groups in total. The summed E-state index contributed by atoms with van der Waals surface area (Å²) in [6.07, 6.45) is -2.29. The summed E-state index contributed by atoms with van der Waals surface area (Å²) in [6, 6.07) is 13.6. The molecule has 3 aromatic carbocycles. The molecule has 310 valence electrons. The Hall–Kier alpha value is -6.03. The molecule has 2 fully saturated rings. The lowest BCUT2D eigenvalue weighted by molar-refractivity contribution is -0.138. The number of pyridine rings is 1. The molecule has 0 saturated carbocycles. The number of ether oxygens (including phenoxy) is 1. The van der Waals surface area contributed by atoms with Gasteiger partial charge in [0.05, 0.1) is 34.3 Å². The number of piperidine rings is 2. The van der Waals surface area contributed by atoms with Crippen molar-refractivity contribution >= 4 is 46.5 Å². The second kappa shape index (κ2) is 16.7. The third-order valence-electron chi connectivity index (χ3n) is 11.0. The van der Waals surface area contributed by atoms with Gasteiger partial charge in [0.25, 0.3) is 11.8 Å². The van der Waals surface area contributed by atoms with Crippen LogP contribution in [0.5, 0.6) is 5.75 Å². The number of halogens is 4. The Morgan fingerprint density at radius 3 is 2.42 bits per heavy atom. The Labute approximate surface area is 338 Å². The van der Waals surface area contributed by atoms with Crippen molar-refractivity contribution in [3.63, 3.8) is 0 Å². The highest BCUT2D eigenvalue weighted by atomic mass is 19.4. The summed E-state index contributed by atoms with van der Waals surface area (Å²) in [6.45, 7) is 7.59. The summed E-state index contributed by atoms with van der Waals surface area (Å²) in [5.74, 6) is -1.48. The number of nitrogens with zero attached hydrogens (tertiary/aromatic N) is 3. The van der Waals surface area contributed by atoms with Crippen LogP contribution in [-0.4, -0.2) is 70.7 Å². The number of benzene rings is 3. The Kier molecular flexibility index (Phi) is 11.6. The number of hydrogen-bond donors (Lipinski definition) is 4. The van der Waals surface area contributed by atoms with Crippen LogP contribution in [-0.2, 0) is 28.9 Å². The van der Waals surface area contributed by atoms with E-state index < -0.39 is 41.3 Å². The largest absolute Gasteiger partial charge is 0.489 e. The molecule has 3 aliphatic rings. The predicted molar refractivity (Wildman–Crippen MR) is 212 cm³/mol. The number of imide groups is 1. The highest BCUT2D eigenvalue weighted by Gasteiger charge is 2.40. The molecule has 0 aliphatic carbocycles. The molecule has 0 spiro atoms. The van der Waals surface area contributed by atoms with Crippen LogP contribution >= 0.6 is 0 Å². The summed E-state index contributed by atoms with van der Waals surface area (Å²) in [5.41, 5.74) is 2.95. The van der Waals surface area contributed by atoms with Crippen LogP contribution in [0.15, 0.2) is 60.8 Å². The van der Waals surface area contributed by atoms with Crippen LogP contribution in [0.2, 0.25) is 0 Å². The second-order valence-electron chi connectivity index (χ2n) is 15.4. The van der Waals surface area contributed by atoms with E-state index in [9.17, 15) is 32.3 Å². The monoisotopic (exact) mass is 815 g/mol. The number of carbonyl (C=O) groups is 4. The van der Waals surface area contributed by atoms with E-state index in [0.29, 0.717) is 42.2 Å². The minimum absolute atomic E-state index is 0.124. The number of likely N-dealkylation sites (tertiary alicyclic amines) is 1. The fourth-order valence-corrected chi connectivity index (χ4v) is 8.06. The van der Waals surface area contributed by atoms with Gasteiger partial charge in [-0.1, -0.05) is 12.1 Å². The number of alkyl halides is 3. The van der Waals surface area contributed by atoms with E-state index in [-0.39, 0.29) is 65.6 Å². The molecule has 16 heteroatoms. The quantitative estimate of drug-likeness (QED) is 0.0905. The number of hydrogen-bond acceptors (Lipinski definition) is 9. The molecule has 1 atom stereocenters. The van der Waals surface area contributed by atoms with E-state index in [1.807, 2.05) is 32.9 Å². The molecule has 0 bridgehead atoms. The first-order valence-electron chi connectivity index (χ1n) is 19.5. The van der Waals surface area contributed by atoms with Gasteiger partial charge in [-0.05, 0) is 112 Å². The number of aromatic nitrogens is 1. The minimum atomic E-state index is -4.73. The summed E-state index contributed by atoms with van der Waals surface area (Å²) >= 11 is 0. The van der Waals surface area contributed by atoms with E-state index in [2.05, 4.69) is 31.2 Å². The second-order valence-corrected chi connectivity index (χ2v) is 15.4. The topological polar surface area (TPSA) is 145 Å². The molecular formula is C43H45F4N7O5. The fourth-order valence-electron chi connectivity index (χ4n) is 8.06. The SMILES string of the molecule is CNC(=O)c1ccccc1Nc1cc(Nc2cc(C)c(C3CCN(Cc4cc5c(cc4F)C(=O)N(C4CCC(=O)NC4=O)C5)CC3)cc2OC(C)C)ncc1C(F)(F)F. The molecule has 2 saturated heterocycles. The first kappa shape index (κ1) is 41.1. The van der Waals surface area contributed by atoms with Crippen molar-refractivity contribution in [1.82, 2.24) is 25.4 Å². The van der Waals surface area contributed by atoms with E-state index in [1.54, 1.807) is 18.2 Å². The van der Waals surface area contributed by atoms with Crippen molar-refractivity contribution < 1.29 is 41.5 Å². The maximum absolute atomic E-state index is 15.4. The lowest BCUT2D eigenvalue weighted by Crippen LogP contribution is -2.52. The van der Waals surface area contributed by atoms with Gasteiger partial charge in [0.2, 0.25) is 11.8 Å². The van der Waals surface area contributed by atoms with Crippen molar-refractivity contribution in [3.05, 3.63) is 106 Å². The van der Waals surface area contributed by atoms with Crippen molar-refractivity contribution in [2.45, 2.75) is 83.8 Å². The van der Waals surface area contributed by atoms with Gasteiger partial charge < -0.3 is 25.6 Å². The van der Waals surface area contributed by atoms with E-state index in [0.717, 1.165) is 30.2 Å². The lowest BCUT2D eigenvalue weighted by Gasteiger charge is -2.33. The predicted octanol–water partition coefficient (Wildman–Crippen LogP) is 7.32. The van der Waals surface area contributed by atoms with E-state index in [4.69, 9.17) is 4.74 Å². The highest BCUT2D eigenvalue weighted by molar-refractivity contribution is 6.05. The third-order valence-corrected chi connectivity index (χ3v) is 11.0. The zero-order valence-corrected chi connectivity index (χ0v) is 33.1. The van der Waals surface area contributed by atoms with E-state index in [1.165, 1.54) is 36.2 Å². The Morgan fingerprint density at radius 2 is 1.73 bits per heavy atom. The first-order chi connectivity index (χ1) is 28.1. The van der Waals surface area contributed by atoms with Gasteiger partial charge in [-0.2, -0.15) is 13.2 Å². The van der Waals surface area contributed by atoms with Gasteiger partial charge in [0, 0.05) is 49.9 Å². The Bertz CT molecular complexity index is 2310. The zero-order valence-electron chi connectivity index (χ0n) is 33.1. The minimum Gasteiger partial charge on any atom is -0.489 e. The molecule has 3 aliphatic heterocycles. The van der Waals surface area contributed by atoms with Crippen LogP contribution < -0.4 is 26.0 Å². The van der Waals surface area contributed by atoms with Crippen molar-refractivity contribution in [2.75, 3.05) is 30.8 Å². The molecule has 4 aromatic rings. The van der Waals surface area contributed by atoms with Crippen LogP contribution in [0.3, 0.4) is 0 Å². The normalized spacial score (nSPS) is 17.5. The maximum atomic E-state index is 15.4. The Morgan fingerprint density at radius 1 is 0.983 bits per heavy atom. The number of para-hydroxylation sites is 1. The van der Waals surface area contributed by atoms with Crippen LogP contribution in [0, 0.1) is 12.7 Å². The fraction of sp³-hybridized carbons (Fsp3) is 0.372. The smallest absolute Gasteiger partial charge is 0.419 e. The number of rotatable bonds is 11. The number of nitrogens with one attached hydrogen (secondary N) is 4. The van der Waals surface area contributed by atoms with Gasteiger partial charge in [0.15, 0.2) is 0 Å². The van der Waals surface area contributed by atoms with Crippen LogP contribution in [0.25, 0.3) is 0 Å². The van der Waals surface area contributed by atoms with Gasteiger partial charge in [-0.3, -0.25) is 29.4 Å². The average molecular weight is 816 g/mol. The number of aryl methyl sites for hydroxylation is 1.